The van der Waals surface area contributed by atoms with Crippen molar-refractivity contribution in [3.63, 3.8) is 0 Å². The van der Waals surface area contributed by atoms with Gasteiger partial charge in [0.25, 0.3) is 0 Å². The molecule has 3 N–H and O–H groups in total. The van der Waals surface area contributed by atoms with Crippen molar-refractivity contribution in [2.75, 3.05) is 23.7 Å². The summed E-state index contributed by atoms with van der Waals surface area (Å²) in [5, 5.41) is 8.55. The molecular weight excluding hydrogens is 388 g/mol. The molecule has 2 atom stereocenters. The van der Waals surface area contributed by atoms with Crippen LogP contribution in [0, 0.1) is 0 Å². The van der Waals surface area contributed by atoms with Crippen molar-refractivity contribution in [3.8, 4) is 0 Å². The van der Waals surface area contributed by atoms with Gasteiger partial charge in [-0.15, -0.1) is 0 Å². The highest BCUT2D eigenvalue weighted by molar-refractivity contribution is 7.80. The molecule has 3 heterocycles. The van der Waals surface area contributed by atoms with Crippen LogP contribution in [0.15, 0.2) is 54.7 Å². The maximum Gasteiger partial charge on any atom is 0.175 e. The van der Waals surface area contributed by atoms with Crippen molar-refractivity contribution in [3.05, 3.63) is 60.3 Å². The lowest BCUT2D eigenvalue weighted by Crippen LogP contribution is -2.38. The number of fused-ring (bicyclic) bond motifs is 2. The van der Waals surface area contributed by atoms with Gasteiger partial charge in [-0.3, -0.25) is 0 Å². The molecule has 2 fully saturated rings. The number of nitrogens with zero attached hydrogens (tertiary/aromatic N) is 1. The molecule has 156 valence electrons. The maximum absolute atomic E-state index is 5.52. The third-order valence-electron chi connectivity index (χ3n) is 6.81. The molecule has 0 aliphatic carbocycles. The monoisotopic (exact) mass is 418 g/mol. The minimum absolute atomic E-state index is 0.615. The average molecular weight is 419 g/mol. The summed E-state index contributed by atoms with van der Waals surface area (Å²) in [7, 11) is 0. The van der Waals surface area contributed by atoms with Gasteiger partial charge in [-0.25, -0.2) is 0 Å². The van der Waals surface area contributed by atoms with E-state index in [1.807, 2.05) is 30.3 Å². The lowest BCUT2D eigenvalue weighted by molar-refractivity contribution is 0.151. The first kappa shape index (κ1) is 19.6. The predicted molar refractivity (Wildman–Crippen MR) is 130 cm³/mol. The van der Waals surface area contributed by atoms with Crippen molar-refractivity contribution in [1.82, 2.24) is 9.88 Å². The first-order valence-corrected chi connectivity index (χ1v) is 11.7. The van der Waals surface area contributed by atoms with Gasteiger partial charge >= 0.3 is 0 Å². The number of thiocarbonyl (C=S) groups is 1. The van der Waals surface area contributed by atoms with Crippen molar-refractivity contribution < 1.29 is 0 Å². The number of H-pyrrole nitrogens is 1. The van der Waals surface area contributed by atoms with Crippen LogP contribution >= 0.6 is 12.2 Å². The molecule has 30 heavy (non-hydrogen) atoms. The summed E-state index contributed by atoms with van der Waals surface area (Å²) in [4.78, 5) is 6.25. The van der Waals surface area contributed by atoms with Crippen LogP contribution in [0.3, 0.4) is 0 Å². The van der Waals surface area contributed by atoms with Gasteiger partial charge in [0, 0.05) is 34.5 Å². The molecule has 0 bridgehead atoms. The SMILES string of the molecule is S=C(Nc1ccccc1)Nc1ccc2[nH]cc(C3CCC4CCCCN4CC3)c2c1. The summed E-state index contributed by atoms with van der Waals surface area (Å²) in [5.41, 5.74) is 4.70. The van der Waals surface area contributed by atoms with Crippen LogP contribution in [0.2, 0.25) is 0 Å². The summed E-state index contributed by atoms with van der Waals surface area (Å²) in [6, 6.07) is 17.3. The number of aromatic nitrogens is 1. The molecule has 4 nitrogen and oxygen atoms in total. The van der Waals surface area contributed by atoms with Crippen LogP contribution in [0.4, 0.5) is 11.4 Å². The van der Waals surface area contributed by atoms with E-state index in [2.05, 4.69) is 44.9 Å². The predicted octanol–water partition coefficient (Wildman–Crippen LogP) is 6.10. The number of benzene rings is 2. The van der Waals surface area contributed by atoms with Gasteiger partial charge in [-0.2, -0.15) is 0 Å². The van der Waals surface area contributed by atoms with Crippen LogP contribution in [0.5, 0.6) is 0 Å². The van der Waals surface area contributed by atoms with Gasteiger partial charge in [-0.05, 0) is 99.2 Å². The van der Waals surface area contributed by atoms with Gasteiger partial charge in [0.05, 0.1) is 0 Å². The Labute approximate surface area is 184 Å². The van der Waals surface area contributed by atoms with Crippen molar-refractivity contribution in [1.29, 1.82) is 0 Å². The second kappa shape index (κ2) is 8.78. The zero-order valence-electron chi connectivity index (χ0n) is 17.4. The lowest BCUT2D eigenvalue weighted by atomic mass is 9.90. The van der Waals surface area contributed by atoms with Gasteiger partial charge in [-0.1, -0.05) is 24.6 Å². The van der Waals surface area contributed by atoms with E-state index in [0.29, 0.717) is 11.0 Å². The molecule has 0 radical (unpaired) electrons. The molecule has 0 saturated carbocycles. The third-order valence-corrected chi connectivity index (χ3v) is 7.01. The molecular formula is C25H30N4S. The van der Waals surface area contributed by atoms with Crippen molar-refractivity contribution >= 4 is 39.6 Å². The molecule has 3 aromatic rings. The third kappa shape index (κ3) is 4.23. The van der Waals surface area contributed by atoms with E-state index in [0.717, 1.165) is 17.4 Å². The second-order valence-electron chi connectivity index (χ2n) is 8.70. The molecule has 2 aliphatic rings. The topological polar surface area (TPSA) is 43.1 Å². The fraction of sp³-hybridized carbons (Fsp3) is 0.400. The Morgan fingerprint density at radius 1 is 0.900 bits per heavy atom. The van der Waals surface area contributed by atoms with Crippen molar-refractivity contribution in [2.45, 2.75) is 50.5 Å². The number of nitrogens with one attached hydrogen (secondary N) is 3. The van der Waals surface area contributed by atoms with E-state index in [9.17, 15) is 0 Å². The Hall–Kier alpha value is -2.37. The molecule has 2 aliphatic heterocycles. The minimum Gasteiger partial charge on any atom is -0.361 e. The Morgan fingerprint density at radius 3 is 2.67 bits per heavy atom. The first-order valence-electron chi connectivity index (χ1n) is 11.2. The lowest BCUT2D eigenvalue weighted by Gasteiger charge is -2.33. The number of anilines is 2. The smallest absolute Gasteiger partial charge is 0.175 e. The van der Waals surface area contributed by atoms with E-state index in [1.54, 1.807) is 0 Å². The number of para-hydroxylation sites is 1. The molecule has 2 saturated heterocycles. The first-order chi connectivity index (χ1) is 14.8. The van der Waals surface area contributed by atoms with Gasteiger partial charge in [0.1, 0.15) is 0 Å². The second-order valence-corrected chi connectivity index (χ2v) is 9.11. The van der Waals surface area contributed by atoms with E-state index in [-0.39, 0.29) is 0 Å². The van der Waals surface area contributed by atoms with Crippen LogP contribution in [0.1, 0.15) is 50.0 Å². The van der Waals surface area contributed by atoms with Crippen molar-refractivity contribution in [2.24, 2.45) is 0 Å². The molecule has 5 rings (SSSR count). The number of aromatic amines is 1. The highest BCUT2D eigenvalue weighted by atomic mass is 32.1. The number of rotatable bonds is 3. The number of hydrogen-bond acceptors (Lipinski definition) is 2. The maximum atomic E-state index is 5.52. The van der Waals surface area contributed by atoms with Gasteiger partial charge in [0.2, 0.25) is 0 Å². The van der Waals surface area contributed by atoms with Crippen LogP contribution in [0.25, 0.3) is 10.9 Å². The normalized spacial score (nSPS) is 22.3. The zero-order valence-corrected chi connectivity index (χ0v) is 18.2. The Balaban J connectivity index is 1.32. The van der Waals surface area contributed by atoms with Gasteiger partial charge < -0.3 is 20.5 Å². The molecule has 1 aromatic heterocycles. The Bertz CT molecular complexity index is 996. The highest BCUT2D eigenvalue weighted by Gasteiger charge is 2.28. The number of piperidine rings is 1. The van der Waals surface area contributed by atoms with E-state index < -0.39 is 0 Å². The molecule has 5 heteroatoms. The van der Waals surface area contributed by atoms with Crippen LogP contribution in [-0.4, -0.2) is 34.1 Å². The van der Waals surface area contributed by atoms with Crippen LogP contribution in [-0.2, 0) is 0 Å². The molecule has 2 aromatic carbocycles. The molecule has 2 unspecified atom stereocenters. The Kier molecular flexibility index (Phi) is 5.73. The standard InChI is InChI=1S/C25H30N4S/c30-25(27-19-6-2-1-3-7-19)28-20-10-12-24-22(16-20)23(17-26-24)18-9-11-21-8-4-5-14-29(21)15-13-18/h1-3,6-7,10,12,16-18,21,26H,4-5,8-9,11,13-15H2,(H2,27,28,30). The number of hydrogen-bond donors (Lipinski definition) is 3. The summed E-state index contributed by atoms with van der Waals surface area (Å²) in [6.07, 6.45) is 10.3. The van der Waals surface area contributed by atoms with E-state index in [1.165, 1.54) is 68.1 Å². The highest BCUT2D eigenvalue weighted by Crippen LogP contribution is 2.37. The Morgan fingerprint density at radius 2 is 1.77 bits per heavy atom. The summed E-state index contributed by atoms with van der Waals surface area (Å²) in [6.45, 7) is 2.54. The van der Waals surface area contributed by atoms with Gasteiger partial charge in [0.15, 0.2) is 5.11 Å². The largest absolute Gasteiger partial charge is 0.361 e. The molecule has 0 spiro atoms. The van der Waals surface area contributed by atoms with Crippen LogP contribution < -0.4 is 10.6 Å². The zero-order chi connectivity index (χ0) is 20.3. The fourth-order valence-corrected chi connectivity index (χ4v) is 5.46. The molecule has 0 amide bonds. The summed E-state index contributed by atoms with van der Waals surface area (Å²) >= 11 is 5.52. The quantitative estimate of drug-likeness (QED) is 0.450. The summed E-state index contributed by atoms with van der Waals surface area (Å²) < 4.78 is 0. The fourth-order valence-electron chi connectivity index (χ4n) is 5.22. The summed E-state index contributed by atoms with van der Waals surface area (Å²) in [5.74, 6) is 0.633. The average Bonchev–Trinajstić information content (AvgIpc) is 3.06. The minimum atomic E-state index is 0.615. The van der Waals surface area contributed by atoms with E-state index in [4.69, 9.17) is 12.2 Å². The van der Waals surface area contributed by atoms with E-state index >= 15 is 0 Å².